The first-order valence-corrected chi connectivity index (χ1v) is 9.74. The Labute approximate surface area is 167 Å². The summed E-state index contributed by atoms with van der Waals surface area (Å²) in [5.74, 6) is -0.360. The molecule has 27 heavy (non-hydrogen) atoms. The first-order chi connectivity index (χ1) is 12.0. The molecule has 2 aromatic rings. The van der Waals surface area contributed by atoms with Crippen LogP contribution in [0.5, 0.6) is 0 Å². The number of carbonyl (C=O) groups excluding carboxylic acids is 1. The van der Waals surface area contributed by atoms with E-state index in [0.717, 1.165) is 0 Å². The van der Waals surface area contributed by atoms with Crippen molar-refractivity contribution < 1.29 is 13.2 Å². The number of sulfonamides is 1. The highest BCUT2D eigenvalue weighted by Gasteiger charge is 2.28. The molecule has 0 aromatic heterocycles. The average Bonchev–Trinajstić information content (AvgIpc) is 2.55. The Morgan fingerprint density at radius 2 is 1.63 bits per heavy atom. The molecule has 0 spiro atoms. The molecule has 0 saturated heterocycles. The third kappa shape index (κ3) is 5.95. The summed E-state index contributed by atoms with van der Waals surface area (Å²) in [7, 11) is -3.78. The van der Waals surface area contributed by atoms with Gasteiger partial charge in [-0.3, -0.25) is 9.52 Å². The van der Waals surface area contributed by atoms with Gasteiger partial charge in [-0.05, 0) is 42.2 Å². The first kappa shape index (κ1) is 23.0. The molecule has 0 bridgehead atoms. The van der Waals surface area contributed by atoms with E-state index in [4.69, 9.17) is 5.73 Å². The fraction of sp³-hybridized carbons (Fsp3) is 0.316. The van der Waals surface area contributed by atoms with Gasteiger partial charge in [0.2, 0.25) is 5.91 Å². The van der Waals surface area contributed by atoms with Crippen molar-refractivity contribution in [3.8, 4) is 0 Å². The van der Waals surface area contributed by atoms with Crippen LogP contribution in [-0.4, -0.2) is 20.4 Å². The largest absolute Gasteiger partial charge is 0.325 e. The maximum atomic E-state index is 12.7. The van der Waals surface area contributed by atoms with Gasteiger partial charge in [-0.25, -0.2) is 8.42 Å². The predicted molar refractivity (Wildman–Crippen MR) is 112 cm³/mol. The molecule has 8 heteroatoms. The van der Waals surface area contributed by atoms with Crippen LogP contribution in [0.4, 0.5) is 11.4 Å². The minimum Gasteiger partial charge on any atom is -0.325 e. The predicted octanol–water partition coefficient (Wildman–Crippen LogP) is 3.53. The van der Waals surface area contributed by atoms with Crippen molar-refractivity contribution >= 4 is 39.7 Å². The molecule has 0 unspecified atom stereocenters. The summed E-state index contributed by atoms with van der Waals surface area (Å²) in [6, 6.07) is 12.7. The second-order valence-corrected chi connectivity index (χ2v) is 8.94. The van der Waals surface area contributed by atoms with Crippen molar-refractivity contribution in [1.82, 2.24) is 0 Å². The molecule has 1 amide bonds. The summed E-state index contributed by atoms with van der Waals surface area (Å²) in [5.41, 5.74) is 6.98. The zero-order chi connectivity index (χ0) is 19.5. The molecule has 2 aromatic carbocycles. The fourth-order valence-corrected chi connectivity index (χ4v) is 3.63. The van der Waals surface area contributed by atoms with Crippen LogP contribution in [0.15, 0.2) is 53.4 Å². The standard InChI is InChI=1S/C19H25N3O3S.ClH/c1-13-10-11-15(21-18(23)17(20)19(2,3)4)12-16(13)26(24,25)22-14-8-6-5-7-9-14;/h5-12,17,22H,20H2,1-4H3,(H,21,23);1H/t17-;/m1./s1. The Morgan fingerprint density at radius 3 is 2.19 bits per heavy atom. The molecule has 0 heterocycles. The number of hydrogen-bond acceptors (Lipinski definition) is 4. The number of nitrogens with two attached hydrogens (primary N) is 1. The van der Waals surface area contributed by atoms with E-state index in [1.807, 2.05) is 20.8 Å². The van der Waals surface area contributed by atoms with Gasteiger partial charge in [0.25, 0.3) is 10.0 Å². The molecule has 6 nitrogen and oxygen atoms in total. The van der Waals surface area contributed by atoms with Gasteiger partial charge in [-0.2, -0.15) is 0 Å². The third-order valence-electron chi connectivity index (χ3n) is 3.99. The highest BCUT2D eigenvalue weighted by Crippen LogP contribution is 2.24. The van der Waals surface area contributed by atoms with Crippen LogP contribution in [0.2, 0.25) is 0 Å². The van der Waals surface area contributed by atoms with E-state index in [0.29, 0.717) is 16.9 Å². The Kier molecular flexibility index (Phi) is 7.42. The first-order valence-electron chi connectivity index (χ1n) is 8.26. The molecule has 4 N–H and O–H groups in total. The van der Waals surface area contributed by atoms with Crippen LogP contribution >= 0.6 is 12.4 Å². The van der Waals surface area contributed by atoms with Gasteiger partial charge in [0.1, 0.15) is 0 Å². The summed E-state index contributed by atoms with van der Waals surface area (Å²) >= 11 is 0. The lowest BCUT2D eigenvalue weighted by Crippen LogP contribution is -2.45. The van der Waals surface area contributed by atoms with E-state index in [1.165, 1.54) is 6.07 Å². The lowest BCUT2D eigenvalue weighted by atomic mass is 9.87. The second-order valence-electron chi connectivity index (χ2n) is 7.28. The summed E-state index contributed by atoms with van der Waals surface area (Å²) in [6.07, 6.45) is 0. The number of hydrogen-bond donors (Lipinski definition) is 3. The number of carbonyl (C=O) groups is 1. The van der Waals surface area contributed by atoms with E-state index in [9.17, 15) is 13.2 Å². The van der Waals surface area contributed by atoms with E-state index in [2.05, 4.69) is 10.0 Å². The average molecular weight is 412 g/mol. The van der Waals surface area contributed by atoms with Crippen LogP contribution in [0.1, 0.15) is 26.3 Å². The van der Waals surface area contributed by atoms with Crippen molar-refractivity contribution in [3.63, 3.8) is 0 Å². The summed E-state index contributed by atoms with van der Waals surface area (Å²) in [4.78, 5) is 12.4. The minimum absolute atomic E-state index is 0. The maximum absolute atomic E-state index is 12.7. The number of halogens is 1. The van der Waals surface area contributed by atoms with Gasteiger partial charge in [-0.1, -0.05) is 45.0 Å². The van der Waals surface area contributed by atoms with Gasteiger partial charge in [-0.15, -0.1) is 12.4 Å². The molecule has 0 saturated carbocycles. The second kappa shape index (κ2) is 8.73. The van der Waals surface area contributed by atoms with Crippen LogP contribution < -0.4 is 15.8 Å². The molecule has 0 radical (unpaired) electrons. The number of aryl methyl sites for hydroxylation is 1. The third-order valence-corrected chi connectivity index (χ3v) is 5.51. The molecule has 0 aliphatic carbocycles. The molecular weight excluding hydrogens is 386 g/mol. The van der Waals surface area contributed by atoms with Crippen molar-refractivity contribution in [1.29, 1.82) is 0 Å². The summed E-state index contributed by atoms with van der Waals surface area (Å²) in [6.45, 7) is 7.30. The quantitative estimate of drug-likeness (QED) is 0.700. The number of benzene rings is 2. The summed E-state index contributed by atoms with van der Waals surface area (Å²) < 4.78 is 27.9. The van der Waals surface area contributed by atoms with Crippen LogP contribution in [-0.2, 0) is 14.8 Å². The van der Waals surface area contributed by atoms with Gasteiger partial charge >= 0.3 is 0 Å². The molecular formula is C19H26ClN3O3S. The molecule has 148 valence electrons. The van der Waals surface area contributed by atoms with E-state index < -0.39 is 21.5 Å². The van der Waals surface area contributed by atoms with Crippen molar-refractivity contribution in [3.05, 3.63) is 54.1 Å². The van der Waals surface area contributed by atoms with Crippen LogP contribution in [0.3, 0.4) is 0 Å². The lowest BCUT2D eigenvalue weighted by molar-refractivity contribution is -0.119. The zero-order valence-corrected chi connectivity index (χ0v) is 17.4. The molecule has 2 rings (SSSR count). The SMILES string of the molecule is Cc1ccc(NC(=O)[C@@H](N)C(C)(C)C)cc1S(=O)(=O)Nc1ccccc1.Cl. The highest BCUT2D eigenvalue weighted by atomic mass is 35.5. The van der Waals surface area contributed by atoms with Gasteiger partial charge in [0.05, 0.1) is 10.9 Å². The normalized spacial score (nSPS) is 12.6. The summed E-state index contributed by atoms with van der Waals surface area (Å²) in [5, 5.41) is 2.70. The zero-order valence-electron chi connectivity index (χ0n) is 15.8. The smallest absolute Gasteiger partial charge is 0.262 e. The van der Waals surface area contributed by atoms with Crippen LogP contribution in [0.25, 0.3) is 0 Å². The highest BCUT2D eigenvalue weighted by molar-refractivity contribution is 7.92. The number of nitrogens with one attached hydrogen (secondary N) is 2. The number of amides is 1. The Hall–Kier alpha value is -2.09. The Morgan fingerprint density at radius 1 is 1.04 bits per heavy atom. The maximum Gasteiger partial charge on any atom is 0.262 e. The van der Waals surface area contributed by atoms with Crippen molar-refractivity contribution in [2.75, 3.05) is 10.0 Å². The minimum atomic E-state index is -3.78. The molecule has 0 aliphatic heterocycles. The van der Waals surface area contributed by atoms with Gasteiger partial charge in [0.15, 0.2) is 0 Å². The molecule has 0 aliphatic rings. The van der Waals surface area contributed by atoms with Crippen LogP contribution in [0, 0.1) is 12.3 Å². The number of para-hydroxylation sites is 1. The molecule has 1 atom stereocenters. The lowest BCUT2D eigenvalue weighted by Gasteiger charge is -2.26. The van der Waals surface area contributed by atoms with Gasteiger partial charge < -0.3 is 11.1 Å². The van der Waals surface area contributed by atoms with Gasteiger partial charge in [0, 0.05) is 11.4 Å². The Bertz CT molecular complexity index is 894. The topological polar surface area (TPSA) is 101 Å². The number of rotatable bonds is 5. The van der Waals surface area contributed by atoms with E-state index in [-0.39, 0.29) is 23.2 Å². The van der Waals surface area contributed by atoms with E-state index >= 15 is 0 Å². The van der Waals surface area contributed by atoms with Crippen molar-refractivity contribution in [2.24, 2.45) is 11.1 Å². The Balaban J connectivity index is 0.00000364. The fourth-order valence-electron chi connectivity index (χ4n) is 2.30. The molecule has 0 fully saturated rings. The van der Waals surface area contributed by atoms with Crippen molar-refractivity contribution in [2.45, 2.75) is 38.6 Å². The monoisotopic (exact) mass is 411 g/mol. The number of anilines is 2. The van der Waals surface area contributed by atoms with E-state index in [1.54, 1.807) is 49.4 Å².